The number of hydrogen-bond acceptors (Lipinski definition) is 5. The third-order valence-electron chi connectivity index (χ3n) is 3.15. The lowest BCUT2D eigenvalue weighted by atomic mass is 10.1. The van der Waals surface area contributed by atoms with Crippen molar-refractivity contribution in [2.45, 2.75) is 6.54 Å². The molecular weight excluding hydrogens is 396 g/mol. The molecule has 0 atom stereocenters. The summed E-state index contributed by atoms with van der Waals surface area (Å²) in [4.78, 5) is 26.1. The molecule has 24 heavy (non-hydrogen) atoms. The number of rotatable bonds is 7. The summed E-state index contributed by atoms with van der Waals surface area (Å²) in [6.07, 6.45) is 0. The van der Waals surface area contributed by atoms with Gasteiger partial charge in [0.05, 0.1) is 17.4 Å². The van der Waals surface area contributed by atoms with Gasteiger partial charge in [-0.25, -0.2) is 0 Å². The van der Waals surface area contributed by atoms with Crippen LogP contribution in [0, 0.1) is 0 Å². The zero-order chi connectivity index (χ0) is 17.7. The van der Waals surface area contributed by atoms with Crippen LogP contribution in [0.4, 0.5) is 0 Å². The number of benzene rings is 1. The lowest BCUT2D eigenvalue weighted by molar-refractivity contribution is -0.119. The van der Waals surface area contributed by atoms with E-state index >= 15 is 0 Å². The molecule has 0 aliphatic carbocycles. The van der Waals surface area contributed by atoms with Crippen LogP contribution in [0.2, 0.25) is 0 Å². The molecule has 6 nitrogen and oxygen atoms in total. The van der Waals surface area contributed by atoms with Gasteiger partial charge in [0.15, 0.2) is 18.1 Å². The third kappa shape index (κ3) is 4.72. The minimum absolute atomic E-state index is 0.140. The minimum atomic E-state index is -0.584. The van der Waals surface area contributed by atoms with Crippen molar-refractivity contribution in [2.75, 3.05) is 20.8 Å². The van der Waals surface area contributed by atoms with E-state index in [2.05, 4.69) is 15.9 Å². The van der Waals surface area contributed by atoms with Crippen molar-refractivity contribution in [3.8, 4) is 11.5 Å². The van der Waals surface area contributed by atoms with E-state index in [4.69, 9.17) is 15.2 Å². The Morgan fingerprint density at radius 1 is 1.25 bits per heavy atom. The van der Waals surface area contributed by atoms with E-state index in [1.54, 1.807) is 41.5 Å². The van der Waals surface area contributed by atoms with Crippen LogP contribution in [-0.4, -0.2) is 37.5 Å². The molecule has 0 spiro atoms. The SMILES string of the molecule is COc1cc(C(=O)N(C)Cc2ccc(Br)s2)ccc1OCC(N)=O. The van der Waals surface area contributed by atoms with Crippen molar-refractivity contribution in [1.82, 2.24) is 4.90 Å². The van der Waals surface area contributed by atoms with Crippen molar-refractivity contribution in [2.24, 2.45) is 5.73 Å². The highest BCUT2D eigenvalue weighted by atomic mass is 79.9. The second-order valence-corrected chi connectivity index (χ2v) is 7.54. The summed E-state index contributed by atoms with van der Waals surface area (Å²) < 4.78 is 11.5. The number of ether oxygens (including phenoxy) is 2. The van der Waals surface area contributed by atoms with Gasteiger partial charge in [-0.2, -0.15) is 0 Å². The van der Waals surface area contributed by atoms with E-state index in [0.717, 1.165) is 8.66 Å². The number of carbonyl (C=O) groups excluding carboxylic acids is 2. The Labute approximate surface area is 152 Å². The number of thiophene rings is 1. The van der Waals surface area contributed by atoms with Crippen LogP contribution < -0.4 is 15.2 Å². The van der Waals surface area contributed by atoms with Crippen LogP contribution in [0.1, 0.15) is 15.2 Å². The fourth-order valence-corrected chi connectivity index (χ4v) is 3.57. The Morgan fingerprint density at radius 2 is 2.00 bits per heavy atom. The summed E-state index contributed by atoms with van der Waals surface area (Å²) in [5.41, 5.74) is 5.53. The molecule has 2 aromatic rings. The molecule has 2 N–H and O–H groups in total. The normalized spacial score (nSPS) is 10.3. The Kier molecular flexibility index (Phi) is 6.22. The number of nitrogens with zero attached hydrogens (tertiary/aromatic N) is 1. The Morgan fingerprint density at radius 3 is 2.58 bits per heavy atom. The summed E-state index contributed by atoms with van der Waals surface area (Å²) in [6, 6.07) is 8.72. The van der Waals surface area contributed by atoms with Gasteiger partial charge >= 0.3 is 0 Å². The average molecular weight is 413 g/mol. The largest absolute Gasteiger partial charge is 0.493 e. The highest BCUT2D eigenvalue weighted by molar-refractivity contribution is 9.11. The molecule has 0 saturated heterocycles. The Bertz CT molecular complexity index is 747. The molecule has 0 saturated carbocycles. The molecule has 0 unspecified atom stereocenters. The summed E-state index contributed by atoms with van der Waals surface area (Å²) in [5, 5.41) is 0. The topological polar surface area (TPSA) is 81.9 Å². The van der Waals surface area contributed by atoms with Gasteiger partial charge < -0.3 is 20.1 Å². The zero-order valence-electron chi connectivity index (χ0n) is 13.2. The molecule has 128 valence electrons. The molecule has 0 aliphatic rings. The highest BCUT2D eigenvalue weighted by Crippen LogP contribution is 2.29. The van der Waals surface area contributed by atoms with Crippen LogP contribution in [0.15, 0.2) is 34.1 Å². The van der Waals surface area contributed by atoms with E-state index in [-0.39, 0.29) is 12.5 Å². The third-order valence-corrected chi connectivity index (χ3v) is 4.76. The number of methoxy groups -OCH3 is 1. The summed E-state index contributed by atoms with van der Waals surface area (Å²) in [5.74, 6) is 0.00498. The zero-order valence-corrected chi connectivity index (χ0v) is 15.6. The number of hydrogen-bond donors (Lipinski definition) is 1. The van der Waals surface area contributed by atoms with Crippen molar-refractivity contribution in [3.63, 3.8) is 0 Å². The minimum Gasteiger partial charge on any atom is -0.493 e. The van der Waals surface area contributed by atoms with Gasteiger partial charge in [0.25, 0.3) is 11.8 Å². The lowest BCUT2D eigenvalue weighted by Crippen LogP contribution is -2.25. The van der Waals surface area contributed by atoms with Gasteiger partial charge in [-0.15, -0.1) is 11.3 Å². The molecule has 0 radical (unpaired) electrons. The predicted octanol–water partition coefficient (Wildman–Crippen LogP) is 2.66. The Hall–Kier alpha value is -2.06. The van der Waals surface area contributed by atoms with Gasteiger partial charge in [-0.1, -0.05) is 0 Å². The number of amides is 2. The Balaban J connectivity index is 2.12. The fraction of sp³-hybridized carbons (Fsp3) is 0.250. The first kappa shape index (κ1) is 18.3. The van der Waals surface area contributed by atoms with E-state index in [1.165, 1.54) is 7.11 Å². The van der Waals surface area contributed by atoms with Crippen molar-refractivity contribution in [3.05, 3.63) is 44.6 Å². The van der Waals surface area contributed by atoms with Gasteiger partial charge in [0.1, 0.15) is 0 Å². The smallest absolute Gasteiger partial charge is 0.255 e. The molecule has 1 heterocycles. The molecule has 0 fully saturated rings. The fourth-order valence-electron chi connectivity index (χ4n) is 2.03. The second-order valence-electron chi connectivity index (χ2n) is 4.99. The molecular formula is C16H17BrN2O4S. The van der Waals surface area contributed by atoms with Gasteiger partial charge in [-0.05, 0) is 46.3 Å². The first-order chi connectivity index (χ1) is 11.4. The highest BCUT2D eigenvalue weighted by Gasteiger charge is 2.16. The van der Waals surface area contributed by atoms with Crippen molar-refractivity contribution < 1.29 is 19.1 Å². The molecule has 2 rings (SSSR count). The summed E-state index contributed by atoms with van der Waals surface area (Å²) in [7, 11) is 3.20. The number of carbonyl (C=O) groups is 2. The van der Waals surface area contributed by atoms with Crippen LogP contribution in [-0.2, 0) is 11.3 Å². The van der Waals surface area contributed by atoms with Crippen LogP contribution in [0.25, 0.3) is 0 Å². The maximum absolute atomic E-state index is 12.5. The first-order valence-corrected chi connectivity index (χ1v) is 8.60. The second kappa shape index (κ2) is 8.16. The maximum atomic E-state index is 12.5. The first-order valence-electron chi connectivity index (χ1n) is 6.99. The van der Waals surface area contributed by atoms with Gasteiger partial charge in [-0.3, -0.25) is 9.59 Å². The van der Waals surface area contributed by atoms with Gasteiger partial charge in [0.2, 0.25) is 0 Å². The van der Waals surface area contributed by atoms with E-state index in [1.807, 2.05) is 12.1 Å². The van der Waals surface area contributed by atoms with Crippen molar-refractivity contribution >= 4 is 39.1 Å². The maximum Gasteiger partial charge on any atom is 0.255 e. The van der Waals surface area contributed by atoms with E-state index in [9.17, 15) is 9.59 Å². The van der Waals surface area contributed by atoms with Crippen LogP contribution in [0.5, 0.6) is 11.5 Å². The number of halogens is 1. The van der Waals surface area contributed by atoms with Crippen LogP contribution >= 0.6 is 27.3 Å². The summed E-state index contributed by atoms with van der Waals surface area (Å²) in [6.45, 7) is 0.258. The molecule has 0 bridgehead atoms. The summed E-state index contributed by atoms with van der Waals surface area (Å²) >= 11 is 4.99. The molecule has 0 aliphatic heterocycles. The van der Waals surface area contributed by atoms with Crippen molar-refractivity contribution in [1.29, 1.82) is 0 Å². The number of nitrogens with two attached hydrogens (primary N) is 1. The van der Waals surface area contributed by atoms with Crippen LogP contribution in [0.3, 0.4) is 0 Å². The van der Waals surface area contributed by atoms with Gasteiger partial charge in [0, 0.05) is 17.5 Å². The molecule has 2 amide bonds. The monoisotopic (exact) mass is 412 g/mol. The predicted molar refractivity (Wildman–Crippen MR) is 95.5 cm³/mol. The van der Waals surface area contributed by atoms with E-state index in [0.29, 0.717) is 23.6 Å². The number of primary amides is 1. The standard InChI is InChI=1S/C16H17BrN2O4S/c1-19(8-11-4-6-14(17)24-11)16(21)10-3-5-12(13(7-10)22-2)23-9-15(18)20/h3-7H,8-9H2,1-2H3,(H2,18,20). The molecule has 1 aromatic carbocycles. The molecule has 8 heteroatoms. The van der Waals surface area contributed by atoms with E-state index < -0.39 is 5.91 Å². The molecule has 1 aromatic heterocycles. The lowest BCUT2D eigenvalue weighted by Gasteiger charge is -2.17. The quantitative estimate of drug-likeness (QED) is 0.757. The average Bonchev–Trinajstić information content (AvgIpc) is 2.96.